The molecule has 0 heterocycles. The third kappa shape index (κ3) is 1.66. The highest BCUT2D eigenvalue weighted by molar-refractivity contribution is 6.18. The van der Waals surface area contributed by atoms with Crippen molar-refractivity contribution in [1.29, 1.82) is 0 Å². The predicted octanol–water partition coefficient (Wildman–Crippen LogP) is 3.30. The van der Waals surface area contributed by atoms with E-state index < -0.39 is 0 Å². The van der Waals surface area contributed by atoms with Crippen LogP contribution >= 0.6 is 11.6 Å². The van der Waals surface area contributed by atoms with E-state index in [1.165, 1.54) is 19.3 Å². The molecule has 0 N–H and O–H groups in total. The summed E-state index contributed by atoms with van der Waals surface area (Å²) in [6, 6.07) is 0. The van der Waals surface area contributed by atoms with Gasteiger partial charge in [0.25, 0.3) is 0 Å². The summed E-state index contributed by atoms with van der Waals surface area (Å²) in [4.78, 5) is 0. The topological polar surface area (TPSA) is 0 Å². The Labute approximate surface area is 69.0 Å². The van der Waals surface area contributed by atoms with Crippen LogP contribution in [0, 0.1) is 17.8 Å². The lowest BCUT2D eigenvalue weighted by Crippen LogP contribution is -2.24. The minimum absolute atomic E-state index is 0.797. The second kappa shape index (κ2) is 3.61. The maximum absolute atomic E-state index is 5.84. The zero-order valence-corrected chi connectivity index (χ0v) is 7.69. The van der Waals surface area contributed by atoms with Crippen molar-refractivity contribution < 1.29 is 0 Å². The van der Waals surface area contributed by atoms with E-state index in [2.05, 4.69) is 13.8 Å². The van der Waals surface area contributed by atoms with Crippen LogP contribution in [0.25, 0.3) is 0 Å². The molecule has 60 valence electrons. The van der Waals surface area contributed by atoms with Gasteiger partial charge in [0.15, 0.2) is 0 Å². The van der Waals surface area contributed by atoms with Gasteiger partial charge >= 0.3 is 0 Å². The average Bonchev–Trinajstić information content (AvgIpc) is 1.95. The van der Waals surface area contributed by atoms with Crippen LogP contribution < -0.4 is 0 Å². The van der Waals surface area contributed by atoms with Crippen molar-refractivity contribution in [2.75, 3.05) is 5.88 Å². The number of hydrogen-bond donors (Lipinski definition) is 0. The number of halogens is 1. The van der Waals surface area contributed by atoms with Gasteiger partial charge in [0.05, 0.1) is 0 Å². The molecule has 3 atom stereocenters. The van der Waals surface area contributed by atoms with E-state index in [0.29, 0.717) is 0 Å². The normalized spacial score (nSPS) is 41.7. The molecule has 3 unspecified atom stereocenters. The molecular weight excluding hydrogens is 144 g/mol. The Kier molecular flexibility index (Phi) is 3.03. The van der Waals surface area contributed by atoms with Crippen molar-refractivity contribution >= 4 is 11.6 Å². The standard InChI is InChI=1S/C9H17Cl/c1-7-4-3-5-9(6-10)8(7)2/h7-9H,3-6H2,1-2H3. The van der Waals surface area contributed by atoms with Crippen LogP contribution in [0.2, 0.25) is 0 Å². The van der Waals surface area contributed by atoms with Gasteiger partial charge < -0.3 is 0 Å². The summed E-state index contributed by atoms with van der Waals surface area (Å²) in [6.07, 6.45) is 4.16. The molecule has 0 aliphatic heterocycles. The Bertz CT molecular complexity index is 101. The van der Waals surface area contributed by atoms with Gasteiger partial charge in [-0.15, -0.1) is 11.6 Å². The molecule has 0 saturated heterocycles. The molecule has 0 aromatic carbocycles. The first kappa shape index (κ1) is 8.39. The Morgan fingerprint density at radius 2 is 2.00 bits per heavy atom. The van der Waals surface area contributed by atoms with E-state index in [9.17, 15) is 0 Å². The van der Waals surface area contributed by atoms with E-state index in [1.54, 1.807) is 0 Å². The monoisotopic (exact) mass is 160 g/mol. The van der Waals surface area contributed by atoms with Crippen LogP contribution in [0.3, 0.4) is 0 Å². The van der Waals surface area contributed by atoms with Crippen molar-refractivity contribution in [2.24, 2.45) is 17.8 Å². The second-order valence-corrected chi connectivity index (χ2v) is 3.99. The molecular formula is C9H17Cl. The predicted molar refractivity (Wildman–Crippen MR) is 46.4 cm³/mol. The smallest absolute Gasteiger partial charge is 0.0254 e. The van der Waals surface area contributed by atoms with Gasteiger partial charge in [-0.1, -0.05) is 26.7 Å². The Balaban J connectivity index is 2.42. The van der Waals surface area contributed by atoms with E-state index in [4.69, 9.17) is 11.6 Å². The zero-order valence-electron chi connectivity index (χ0n) is 6.94. The molecule has 0 nitrogen and oxygen atoms in total. The largest absolute Gasteiger partial charge is 0.126 e. The van der Waals surface area contributed by atoms with Gasteiger partial charge in [-0.25, -0.2) is 0 Å². The van der Waals surface area contributed by atoms with Crippen molar-refractivity contribution in [3.63, 3.8) is 0 Å². The SMILES string of the molecule is CC1CCCC(CCl)C1C. The molecule has 0 bridgehead atoms. The second-order valence-electron chi connectivity index (χ2n) is 3.68. The number of alkyl halides is 1. The van der Waals surface area contributed by atoms with Crippen LogP contribution in [0.1, 0.15) is 33.1 Å². The van der Waals surface area contributed by atoms with E-state index in [1.807, 2.05) is 0 Å². The van der Waals surface area contributed by atoms with Crippen LogP contribution in [0.4, 0.5) is 0 Å². The summed E-state index contributed by atoms with van der Waals surface area (Å²) in [5.41, 5.74) is 0. The summed E-state index contributed by atoms with van der Waals surface area (Å²) in [6.45, 7) is 4.69. The molecule has 1 heteroatoms. The molecule has 1 aliphatic rings. The van der Waals surface area contributed by atoms with E-state index >= 15 is 0 Å². The van der Waals surface area contributed by atoms with E-state index in [-0.39, 0.29) is 0 Å². The lowest BCUT2D eigenvalue weighted by Gasteiger charge is -2.32. The molecule has 0 amide bonds. The van der Waals surface area contributed by atoms with Crippen LogP contribution in [0.15, 0.2) is 0 Å². The summed E-state index contributed by atoms with van der Waals surface area (Å²) < 4.78 is 0. The zero-order chi connectivity index (χ0) is 7.56. The molecule has 1 aliphatic carbocycles. The Morgan fingerprint density at radius 3 is 2.50 bits per heavy atom. The summed E-state index contributed by atoms with van der Waals surface area (Å²) in [5, 5.41) is 0. The van der Waals surface area contributed by atoms with Crippen LogP contribution in [0.5, 0.6) is 0 Å². The van der Waals surface area contributed by atoms with Crippen molar-refractivity contribution in [1.82, 2.24) is 0 Å². The first-order valence-electron chi connectivity index (χ1n) is 4.31. The third-order valence-corrected chi connectivity index (χ3v) is 3.47. The molecule has 1 fully saturated rings. The van der Waals surface area contributed by atoms with Gasteiger partial charge in [-0.3, -0.25) is 0 Å². The summed E-state index contributed by atoms with van der Waals surface area (Å²) in [7, 11) is 0. The molecule has 1 rings (SSSR count). The van der Waals surface area contributed by atoms with Gasteiger partial charge in [0.1, 0.15) is 0 Å². The molecule has 0 radical (unpaired) electrons. The van der Waals surface area contributed by atoms with Crippen molar-refractivity contribution in [3.8, 4) is 0 Å². The lowest BCUT2D eigenvalue weighted by molar-refractivity contribution is 0.200. The highest BCUT2D eigenvalue weighted by Gasteiger charge is 2.25. The molecule has 10 heavy (non-hydrogen) atoms. The van der Waals surface area contributed by atoms with E-state index in [0.717, 1.165) is 23.6 Å². The average molecular weight is 161 g/mol. The Hall–Kier alpha value is 0.290. The quantitative estimate of drug-likeness (QED) is 0.517. The maximum Gasteiger partial charge on any atom is 0.0254 e. The molecule has 1 saturated carbocycles. The van der Waals surface area contributed by atoms with Gasteiger partial charge in [-0.2, -0.15) is 0 Å². The number of rotatable bonds is 1. The van der Waals surface area contributed by atoms with Crippen LogP contribution in [-0.2, 0) is 0 Å². The summed E-state index contributed by atoms with van der Waals surface area (Å²) >= 11 is 5.84. The first-order chi connectivity index (χ1) is 4.75. The molecule has 0 spiro atoms. The Morgan fingerprint density at radius 1 is 1.30 bits per heavy atom. The molecule has 0 aromatic heterocycles. The maximum atomic E-state index is 5.84. The van der Waals surface area contributed by atoms with Crippen molar-refractivity contribution in [2.45, 2.75) is 33.1 Å². The van der Waals surface area contributed by atoms with Gasteiger partial charge in [0.2, 0.25) is 0 Å². The van der Waals surface area contributed by atoms with Gasteiger partial charge in [0, 0.05) is 5.88 Å². The van der Waals surface area contributed by atoms with Crippen LogP contribution in [-0.4, -0.2) is 5.88 Å². The third-order valence-electron chi connectivity index (χ3n) is 3.07. The fraction of sp³-hybridized carbons (Fsp3) is 1.00. The fourth-order valence-electron chi connectivity index (χ4n) is 1.91. The fourth-order valence-corrected chi connectivity index (χ4v) is 2.35. The minimum atomic E-state index is 0.797. The molecule has 0 aromatic rings. The van der Waals surface area contributed by atoms with Crippen molar-refractivity contribution in [3.05, 3.63) is 0 Å². The highest BCUT2D eigenvalue weighted by Crippen LogP contribution is 2.34. The summed E-state index contributed by atoms with van der Waals surface area (Å²) in [5.74, 6) is 3.42. The first-order valence-corrected chi connectivity index (χ1v) is 4.85. The minimum Gasteiger partial charge on any atom is -0.126 e. The lowest BCUT2D eigenvalue weighted by atomic mass is 9.75. The van der Waals surface area contributed by atoms with Gasteiger partial charge in [-0.05, 0) is 24.2 Å². The number of hydrogen-bond acceptors (Lipinski definition) is 0. The highest BCUT2D eigenvalue weighted by atomic mass is 35.5.